The van der Waals surface area contributed by atoms with Gasteiger partial charge in [0.25, 0.3) is 0 Å². The highest BCUT2D eigenvalue weighted by Gasteiger charge is 2.38. The summed E-state index contributed by atoms with van der Waals surface area (Å²) in [5.41, 5.74) is 3.33. The minimum atomic E-state index is -2.44. The van der Waals surface area contributed by atoms with Crippen LogP contribution in [0.1, 0.15) is 36.2 Å². The van der Waals surface area contributed by atoms with E-state index in [1.165, 1.54) is 5.56 Å². The second-order valence-electron chi connectivity index (χ2n) is 5.37. The molecule has 5 heteroatoms. The molecule has 1 N–H and O–H groups in total. The van der Waals surface area contributed by atoms with Crippen LogP contribution < -0.4 is 5.32 Å². The van der Waals surface area contributed by atoms with Crippen molar-refractivity contribution >= 4 is 0 Å². The molecule has 1 aromatic heterocycles. The van der Waals surface area contributed by atoms with Crippen molar-refractivity contribution < 1.29 is 8.78 Å². The van der Waals surface area contributed by atoms with Crippen molar-refractivity contribution in [2.45, 2.75) is 45.6 Å². The number of hydrogen-bond donors (Lipinski definition) is 1. The summed E-state index contributed by atoms with van der Waals surface area (Å²) in [5, 5.41) is 7.63. The molecular formula is C13H21F2N3. The van der Waals surface area contributed by atoms with E-state index >= 15 is 0 Å². The van der Waals surface area contributed by atoms with Gasteiger partial charge >= 0.3 is 0 Å². The van der Waals surface area contributed by atoms with Gasteiger partial charge in [-0.05, 0) is 32.7 Å². The summed E-state index contributed by atoms with van der Waals surface area (Å²) in [5.74, 6) is -2.33. The van der Waals surface area contributed by atoms with Crippen LogP contribution in [0.3, 0.4) is 0 Å². The summed E-state index contributed by atoms with van der Waals surface area (Å²) in [6, 6.07) is 0. The fraction of sp³-hybridized carbons (Fsp3) is 0.769. The van der Waals surface area contributed by atoms with Crippen LogP contribution in [0.5, 0.6) is 0 Å². The van der Waals surface area contributed by atoms with Gasteiger partial charge in [-0.1, -0.05) is 0 Å². The van der Waals surface area contributed by atoms with Crippen LogP contribution >= 0.6 is 0 Å². The summed E-state index contributed by atoms with van der Waals surface area (Å²) >= 11 is 0. The maximum absolute atomic E-state index is 13.0. The molecule has 0 radical (unpaired) electrons. The number of aromatic nitrogens is 2. The Bertz CT molecular complexity index is 426. The molecule has 0 aromatic carbocycles. The van der Waals surface area contributed by atoms with E-state index in [0.29, 0.717) is 19.5 Å². The van der Waals surface area contributed by atoms with Crippen LogP contribution in [0.4, 0.5) is 8.78 Å². The number of hydrogen-bond acceptors (Lipinski definition) is 2. The van der Waals surface area contributed by atoms with Gasteiger partial charge in [-0.25, -0.2) is 8.78 Å². The lowest BCUT2D eigenvalue weighted by Gasteiger charge is -2.12. The number of aryl methyl sites for hydroxylation is 2. The molecule has 18 heavy (non-hydrogen) atoms. The van der Waals surface area contributed by atoms with Gasteiger partial charge in [0.05, 0.1) is 5.69 Å². The normalized spacial score (nSPS) is 22.6. The number of alkyl halides is 2. The monoisotopic (exact) mass is 257 g/mol. The van der Waals surface area contributed by atoms with Gasteiger partial charge in [0.2, 0.25) is 5.92 Å². The first-order valence-electron chi connectivity index (χ1n) is 6.46. The average Bonchev–Trinajstić information content (AvgIpc) is 2.73. The second kappa shape index (κ2) is 4.96. The summed E-state index contributed by atoms with van der Waals surface area (Å²) in [4.78, 5) is 0. The van der Waals surface area contributed by atoms with Gasteiger partial charge in [0.1, 0.15) is 0 Å². The van der Waals surface area contributed by atoms with E-state index in [1.54, 1.807) is 0 Å². The van der Waals surface area contributed by atoms with E-state index in [4.69, 9.17) is 0 Å². The van der Waals surface area contributed by atoms with Gasteiger partial charge < -0.3 is 5.32 Å². The van der Waals surface area contributed by atoms with Crippen LogP contribution in [0.25, 0.3) is 0 Å². The Labute approximate surface area is 107 Å². The van der Waals surface area contributed by atoms with Gasteiger partial charge in [-0.2, -0.15) is 5.10 Å². The molecule has 1 atom stereocenters. The van der Waals surface area contributed by atoms with Gasteiger partial charge in [-0.3, -0.25) is 4.68 Å². The van der Waals surface area contributed by atoms with Crippen molar-refractivity contribution in [3.8, 4) is 0 Å². The smallest absolute Gasteiger partial charge is 0.248 e. The molecule has 0 amide bonds. The van der Waals surface area contributed by atoms with Crippen LogP contribution in [-0.4, -0.2) is 22.2 Å². The zero-order valence-electron chi connectivity index (χ0n) is 11.3. The molecule has 1 aliphatic carbocycles. The molecule has 1 saturated carbocycles. The van der Waals surface area contributed by atoms with E-state index in [9.17, 15) is 8.78 Å². The number of halogens is 2. The largest absolute Gasteiger partial charge is 0.312 e. The number of nitrogens with one attached hydrogen (secondary N) is 1. The molecule has 0 saturated heterocycles. The van der Waals surface area contributed by atoms with E-state index in [2.05, 4.69) is 10.4 Å². The molecular weight excluding hydrogens is 236 g/mol. The summed E-state index contributed by atoms with van der Waals surface area (Å²) in [6.07, 6.45) is 0.709. The Balaban J connectivity index is 1.82. The first-order chi connectivity index (χ1) is 8.39. The molecule has 102 valence electrons. The SMILES string of the molecule is Cc1nn(C)c(C)c1CNCC1CCC(F)(F)C1. The third-order valence-corrected chi connectivity index (χ3v) is 3.90. The third-order valence-electron chi connectivity index (χ3n) is 3.90. The highest BCUT2D eigenvalue weighted by atomic mass is 19.3. The van der Waals surface area contributed by atoms with Crippen LogP contribution in [0.15, 0.2) is 0 Å². The maximum atomic E-state index is 13.0. The Morgan fingerprint density at radius 3 is 2.67 bits per heavy atom. The van der Waals surface area contributed by atoms with Crippen molar-refractivity contribution in [3.63, 3.8) is 0 Å². The van der Waals surface area contributed by atoms with Crippen molar-refractivity contribution in [1.29, 1.82) is 0 Å². The predicted molar refractivity (Wildman–Crippen MR) is 66.7 cm³/mol. The first kappa shape index (κ1) is 13.5. The molecule has 1 heterocycles. The lowest BCUT2D eigenvalue weighted by molar-refractivity contribution is 0.00508. The minimum Gasteiger partial charge on any atom is -0.312 e. The van der Waals surface area contributed by atoms with Crippen LogP contribution in [0.2, 0.25) is 0 Å². The fourth-order valence-electron chi connectivity index (χ4n) is 2.69. The third kappa shape index (κ3) is 2.88. The quantitative estimate of drug-likeness (QED) is 0.898. The van der Waals surface area contributed by atoms with E-state index < -0.39 is 5.92 Å². The van der Waals surface area contributed by atoms with Crippen LogP contribution in [0, 0.1) is 19.8 Å². The maximum Gasteiger partial charge on any atom is 0.248 e. The summed E-state index contributed by atoms with van der Waals surface area (Å²) in [7, 11) is 1.92. The number of rotatable bonds is 4. The average molecular weight is 257 g/mol. The number of nitrogens with zero attached hydrogens (tertiary/aromatic N) is 2. The van der Waals surface area contributed by atoms with Crippen LogP contribution in [-0.2, 0) is 13.6 Å². The van der Waals surface area contributed by atoms with E-state index in [-0.39, 0.29) is 18.8 Å². The fourth-order valence-corrected chi connectivity index (χ4v) is 2.69. The van der Waals surface area contributed by atoms with Crippen molar-refractivity contribution in [2.75, 3.05) is 6.54 Å². The van der Waals surface area contributed by atoms with Crippen molar-refractivity contribution in [1.82, 2.24) is 15.1 Å². The molecule has 1 fully saturated rings. The highest BCUT2D eigenvalue weighted by Crippen LogP contribution is 2.38. The lowest BCUT2D eigenvalue weighted by Crippen LogP contribution is -2.22. The summed E-state index contributed by atoms with van der Waals surface area (Å²) in [6.45, 7) is 5.39. The Hall–Kier alpha value is -0.970. The molecule has 1 aliphatic rings. The predicted octanol–water partition coefficient (Wildman–Crippen LogP) is 2.56. The molecule has 0 aliphatic heterocycles. The molecule has 0 spiro atoms. The minimum absolute atomic E-state index is 0.0327. The molecule has 1 aromatic rings. The highest BCUT2D eigenvalue weighted by molar-refractivity contribution is 5.23. The molecule has 2 rings (SSSR count). The van der Waals surface area contributed by atoms with E-state index in [0.717, 1.165) is 11.4 Å². The topological polar surface area (TPSA) is 29.9 Å². The zero-order chi connectivity index (χ0) is 13.3. The summed E-state index contributed by atoms with van der Waals surface area (Å²) < 4.78 is 27.9. The van der Waals surface area contributed by atoms with Gasteiger partial charge in [-0.15, -0.1) is 0 Å². The first-order valence-corrected chi connectivity index (χ1v) is 6.46. The Morgan fingerprint density at radius 2 is 2.17 bits per heavy atom. The van der Waals surface area contributed by atoms with Crippen molar-refractivity contribution in [3.05, 3.63) is 17.0 Å². The lowest BCUT2D eigenvalue weighted by atomic mass is 10.1. The van der Waals surface area contributed by atoms with E-state index in [1.807, 2.05) is 25.6 Å². The molecule has 1 unspecified atom stereocenters. The Morgan fingerprint density at radius 1 is 1.44 bits per heavy atom. The Kier molecular flexibility index (Phi) is 3.71. The standard InChI is InChI=1S/C13H21F2N3/c1-9-12(10(2)18(3)17-9)8-16-7-11-4-5-13(14,15)6-11/h11,16H,4-8H2,1-3H3. The van der Waals surface area contributed by atoms with Crippen molar-refractivity contribution in [2.24, 2.45) is 13.0 Å². The van der Waals surface area contributed by atoms with Gasteiger partial charge in [0.15, 0.2) is 0 Å². The second-order valence-corrected chi connectivity index (χ2v) is 5.37. The molecule has 3 nitrogen and oxygen atoms in total. The van der Waals surface area contributed by atoms with Gasteiger partial charge in [0, 0.05) is 37.7 Å². The zero-order valence-corrected chi connectivity index (χ0v) is 11.3. The molecule has 0 bridgehead atoms.